The van der Waals surface area contributed by atoms with Gasteiger partial charge in [0.15, 0.2) is 0 Å². The normalized spacial score (nSPS) is 12.2. The summed E-state index contributed by atoms with van der Waals surface area (Å²) < 4.78 is 0. The summed E-state index contributed by atoms with van der Waals surface area (Å²) >= 11 is 0. The average Bonchev–Trinajstić information content (AvgIpc) is 2.15. The molecule has 70 valence electrons. The Morgan fingerprint density at radius 3 is 2.46 bits per heavy atom. The molecule has 0 aliphatic carbocycles. The smallest absolute Gasteiger partial charge is 0.0985 e. The molecule has 0 spiro atoms. The average molecular weight is 177 g/mol. The Bertz CT molecular complexity index is 275. The number of aliphatic imine (C=N–C) groups is 1. The van der Waals surface area contributed by atoms with Gasteiger partial charge in [-0.3, -0.25) is 4.99 Å². The zero-order valence-electron chi connectivity index (χ0n) is 8.07. The Morgan fingerprint density at radius 2 is 1.92 bits per heavy atom. The quantitative estimate of drug-likeness (QED) is 0.705. The number of nitrogens with zero attached hydrogens (tertiary/aromatic N) is 1. The molecule has 1 unspecified atom stereocenters. The summed E-state index contributed by atoms with van der Waals surface area (Å²) in [6.45, 7) is 4.31. The molecular weight excluding hydrogens is 162 g/mol. The van der Waals surface area contributed by atoms with Crippen molar-refractivity contribution in [1.82, 2.24) is 0 Å². The molecule has 13 heavy (non-hydrogen) atoms. The van der Waals surface area contributed by atoms with Crippen molar-refractivity contribution in [1.29, 1.82) is 0 Å². The number of aliphatic hydroxyl groups excluding tert-OH is 1. The largest absolute Gasteiger partial charge is 0.386 e. The maximum Gasteiger partial charge on any atom is 0.0985 e. The second kappa shape index (κ2) is 4.77. The van der Waals surface area contributed by atoms with E-state index < -0.39 is 6.10 Å². The molecule has 0 aliphatic heterocycles. The van der Waals surface area contributed by atoms with Gasteiger partial charge in [0.05, 0.1) is 12.6 Å². The van der Waals surface area contributed by atoms with Crippen molar-refractivity contribution in [2.45, 2.75) is 20.0 Å². The topological polar surface area (TPSA) is 32.6 Å². The predicted octanol–water partition coefficient (Wildman–Crippen LogP) is 2.20. The lowest BCUT2D eigenvalue weighted by Crippen LogP contribution is -2.02. The van der Waals surface area contributed by atoms with Gasteiger partial charge in [0.1, 0.15) is 0 Å². The molecule has 1 aromatic carbocycles. The van der Waals surface area contributed by atoms with Gasteiger partial charge in [-0.25, -0.2) is 0 Å². The van der Waals surface area contributed by atoms with E-state index in [-0.39, 0.29) is 0 Å². The molecule has 0 amide bonds. The van der Waals surface area contributed by atoms with Crippen molar-refractivity contribution in [3.05, 3.63) is 35.9 Å². The highest BCUT2D eigenvalue weighted by Crippen LogP contribution is 2.11. The van der Waals surface area contributed by atoms with Gasteiger partial charge in [-0.1, -0.05) is 30.3 Å². The Morgan fingerprint density at radius 1 is 1.31 bits per heavy atom. The summed E-state index contributed by atoms with van der Waals surface area (Å²) in [6, 6.07) is 9.59. The van der Waals surface area contributed by atoms with Crippen LogP contribution in [0.15, 0.2) is 35.3 Å². The monoisotopic (exact) mass is 177 g/mol. The van der Waals surface area contributed by atoms with Gasteiger partial charge >= 0.3 is 0 Å². The lowest BCUT2D eigenvalue weighted by molar-refractivity contribution is 0.187. The van der Waals surface area contributed by atoms with Crippen molar-refractivity contribution >= 4 is 5.71 Å². The first-order valence-electron chi connectivity index (χ1n) is 4.41. The Kier molecular flexibility index (Phi) is 3.65. The fourth-order valence-electron chi connectivity index (χ4n) is 1.05. The molecule has 0 saturated carbocycles. The van der Waals surface area contributed by atoms with Crippen LogP contribution >= 0.6 is 0 Å². The summed E-state index contributed by atoms with van der Waals surface area (Å²) in [5, 5.41) is 9.66. The Hall–Kier alpha value is -1.15. The maximum atomic E-state index is 9.66. The molecule has 0 heterocycles. The number of hydrogen-bond acceptors (Lipinski definition) is 2. The van der Waals surface area contributed by atoms with Crippen LogP contribution in [0.5, 0.6) is 0 Å². The van der Waals surface area contributed by atoms with E-state index >= 15 is 0 Å². The molecule has 0 saturated heterocycles. The number of benzene rings is 1. The van der Waals surface area contributed by atoms with E-state index in [0.29, 0.717) is 6.54 Å². The fraction of sp³-hybridized carbons (Fsp3) is 0.364. The minimum atomic E-state index is -0.476. The van der Waals surface area contributed by atoms with Crippen LogP contribution in [-0.2, 0) is 0 Å². The maximum absolute atomic E-state index is 9.66. The highest BCUT2D eigenvalue weighted by Gasteiger charge is 2.04. The van der Waals surface area contributed by atoms with Crippen molar-refractivity contribution in [3.63, 3.8) is 0 Å². The van der Waals surface area contributed by atoms with Crippen molar-refractivity contribution in [2.24, 2.45) is 4.99 Å². The summed E-state index contributed by atoms with van der Waals surface area (Å²) in [6.07, 6.45) is -0.476. The predicted molar refractivity (Wildman–Crippen MR) is 55.1 cm³/mol. The van der Waals surface area contributed by atoms with E-state index in [1.807, 2.05) is 44.2 Å². The molecule has 0 aromatic heterocycles. The Balaban J connectivity index is 2.59. The van der Waals surface area contributed by atoms with Crippen molar-refractivity contribution in [3.8, 4) is 0 Å². The molecule has 1 aromatic rings. The zero-order chi connectivity index (χ0) is 9.68. The van der Waals surface area contributed by atoms with Crippen molar-refractivity contribution in [2.75, 3.05) is 6.54 Å². The van der Waals surface area contributed by atoms with Gasteiger partial charge in [0, 0.05) is 5.71 Å². The van der Waals surface area contributed by atoms with Crippen LogP contribution in [0, 0.1) is 0 Å². The number of hydrogen-bond donors (Lipinski definition) is 1. The van der Waals surface area contributed by atoms with Gasteiger partial charge in [-0.05, 0) is 19.4 Å². The van der Waals surface area contributed by atoms with Gasteiger partial charge < -0.3 is 5.11 Å². The summed E-state index contributed by atoms with van der Waals surface area (Å²) in [4.78, 5) is 4.17. The first-order valence-corrected chi connectivity index (χ1v) is 4.41. The molecule has 0 fully saturated rings. The number of rotatable bonds is 3. The van der Waals surface area contributed by atoms with E-state index in [0.717, 1.165) is 11.3 Å². The van der Waals surface area contributed by atoms with Crippen LogP contribution in [-0.4, -0.2) is 17.4 Å². The minimum absolute atomic E-state index is 0.451. The van der Waals surface area contributed by atoms with Gasteiger partial charge in [-0.2, -0.15) is 0 Å². The molecular formula is C11H15NO. The third kappa shape index (κ3) is 3.38. The lowest BCUT2D eigenvalue weighted by Gasteiger charge is -2.07. The molecule has 0 radical (unpaired) electrons. The van der Waals surface area contributed by atoms with Crippen LogP contribution in [0.4, 0.5) is 0 Å². The summed E-state index contributed by atoms with van der Waals surface area (Å²) in [7, 11) is 0. The van der Waals surface area contributed by atoms with Crippen molar-refractivity contribution < 1.29 is 5.11 Å². The molecule has 1 N–H and O–H groups in total. The van der Waals surface area contributed by atoms with Gasteiger partial charge in [0.25, 0.3) is 0 Å². The van der Waals surface area contributed by atoms with E-state index in [1.165, 1.54) is 0 Å². The van der Waals surface area contributed by atoms with E-state index in [2.05, 4.69) is 4.99 Å². The number of aliphatic hydroxyl groups is 1. The lowest BCUT2D eigenvalue weighted by atomic mass is 10.1. The zero-order valence-corrected chi connectivity index (χ0v) is 8.07. The second-order valence-corrected chi connectivity index (χ2v) is 3.21. The first kappa shape index (κ1) is 9.93. The van der Waals surface area contributed by atoms with Crippen LogP contribution in [0.3, 0.4) is 0 Å². The SMILES string of the molecule is CC(C)=NCC(O)c1ccccc1. The molecule has 2 heteroatoms. The van der Waals surface area contributed by atoms with E-state index in [9.17, 15) is 5.11 Å². The van der Waals surface area contributed by atoms with Gasteiger partial charge in [-0.15, -0.1) is 0 Å². The van der Waals surface area contributed by atoms with Crippen LogP contribution < -0.4 is 0 Å². The van der Waals surface area contributed by atoms with E-state index in [4.69, 9.17) is 0 Å². The van der Waals surface area contributed by atoms with Crippen LogP contribution in [0.1, 0.15) is 25.5 Å². The standard InChI is InChI=1S/C11H15NO/c1-9(2)12-8-11(13)10-6-4-3-5-7-10/h3-7,11,13H,8H2,1-2H3. The molecule has 2 nitrogen and oxygen atoms in total. The minimum Gasteiger partial charge on any atom is -0.386 e. The first-order chi connectivity index (χ1) is 6.20. The molecule has 0 aliphatic rings. The van der Waals surface area contributed by atoms with Gasteiger partial charge in [0.2, 0.25) is 0 Å². The van der Waals surface area contributed by atoms with E-state index in [1.54, 1.807) is 0 Å². The fourth-order valence-corrected chi connectivity index (χ4v) is 1.05. The highest BCUT2D eigenvalue weighted by molar-refractivity contribution is 5.79. The third-order valence-electron chi connectivity index (χ3n) is 1.76. The molecule has 1 atom stereocenters. The third-order valence-corrected chi connectivity index (χ3v) is 1.76. The molecule has 1 rings (SSSR count). The Labute approximate surface area is 78.9 Å². The summed E-state index contributed by atoms with van der Waals surface area (Å²) in [5.41, 5.74) is 1.92. The second-order valence-electron chi connectivity index (χ2n) is 3.21. The highest BCUT2D eigenvalue weighted by atomic mass is 16.3. The molecule has 0 bridgehead atoms. The summed E-state index contributed by atoms with van der Waals surface area (Å²) in [5.74, 6) is 0. The van der Waals surface area contributed by atoms with Crippen LogP contribution in [0.25, 0.3) is 0 Å². The van der Waals surface area contributed by atoms with Crippen LogP contribution in [0.2, 0.25) is 0 Å².